The molecule has 1 fully saturated rings. The first-order chi connectivity index (χ1) is 13.2. The van der Waals surface area contributed by atoms with E-state index in [0.29, 0.717) is 6.04 Å². The number of amides is 1. The minimum atomic E-state index is -0.569. The summed E-state index contributed by atoms with van der Waals surface area (Å²) in [6.07, 6.45) is 5.59. The largest absolute Gasteiger partial charge is 0.497 e. The number of hydroxylamine groups is 1. The van der Waals surface area contributed by atoms with Crippen LogP contribution in [0.3, 0.4) is 0 Å². The van der Waals surface area contributed by atoms with Crippen LogP contribution in [0.15, 0.2) is 48.7 Å². The van der Waals surface area contributed by atoms with Gasteiger partial charge in [-0.3, -0.25) is 14.9 Å². The molecule has 2 aromatic rings. The van der Waals surface area contributed by atoms with Crippen molar-refractivity contribution in [3.05, 3.63) is 59.8 Å². The summed E-state index contributed by atoms with van der Waals surface area (Å²) >= 11 is 0. The maximum atomic E-state index is 11.0. The highest BCUT2D eigenvalue weighted by Crippen LogP contribution is 2.19. The van der Waals surface area contributed by atoms with E-state index in [1.807, 2.05) is 24.3 Å². The number of carbonyl (C=O) groups excluding carboxylic acids is 1. The van der Waals surface area contributed by atoms with Crippen LogP contribution in [0.1, 0.15) is 17.5 Å². The van der Waals surface area contributed by atoms with Crippen molar-refractivity contribution in [3.63, 3.8) is 0 Å². The zero-order valence-corrected chi connectivity index (χ0v) is 17.7. The molecule has 3 rings (SSSR count). The molecule has 1 unspecified atom stereocenters. The van der Waals surface area contributed by atoms with E-state index < -0.39 is 5.91 Å². The predicted molar refractivity (Wildman–Crippen MR) is 118 cm³/mol. The summed E-state index contributed by atoms with van der Waals surface area (Å²) in [5.74, 6) is 1.12. The number of aromatic nitrogens is 1. The van der Waals surface area contributed by atoms with Gasteiger partial charge in [-0.25, -0.2) is 10.5 Å². The molecule has 2 heterocycles. The SMILES string of the molecule is COc1ccc(CN2CCC(Nc3ccc(/C=C/C(=O)NO)cn3)C2)cc1.Cl.Cl. The number of likely N-dealkylation sites (tertiary alicyclic amines) is 1. The van der Waals surface area contributed by atoms with Gasteiger partial charge in [0, 0.05) is 37.9 Å². The van der Waals surface area contributed by atoms with Crippen molar-refractivity contribution in [2.45, 2.75) is 19.0 Å². The fourth-order valence-electron chi connectivity index (χ4n) is 3.09. The van der Waals surface area contributed by atoms with Crippen LogP contribution in [0.25, 0.3) is 6.08 Å². The Kier molecular flexibility index (Phi) is 10.5. The number of pyridine rings is 1. The molecule has 0 saturated carbocycles. The Balaban J connectivity index is 0.00000210. The summed E-state index contributed by atoms with van der Waals surface area (Å²) in [7, 11) is 1.68. The molecule has 1 aromatic carbocycles. The minimum Gasteiger partial charge on any atom is -0.497 e. The van der Waals surface area contributed by atoms with Crippen molar-refractivity contribution in [3.8, 4) is 5.75 Å². The van der Waals surface area contributed by atoms with Crippen LogP contribution < -0.4 is 15.5 Å². The van der Waals surface area contributed by atoms with Crippen molar-refractivity contribution < 1.29 is 14.7 Å². The number of anilines is 1. The van der Waals surface area contributed by atoms with Crippen LogP contribution in [0.2, 0.25) is 0 Å². The predicted octanol–water partition coefficient (Wildman–Crippen LogP) is 3.14. The lowest BCUT2D eigenvalue weighted by Gasteiger charge is -2.17. The highest BCUT2D eigenvalue weighted by atomic mass is 35.5. The molecule has 3 N–H and O–H groups in total. The maximum Gasteiger partial charge on any atom is 0.267 e. The maximum absolute atomic E-state index is 11.0. The summed E-state index contributed by atoms with van der Waals surface area (Å²) in [5.41, 5.74) is 3.62. The van der Waals surface area contributed by atoms with Gasteiger partial charge in [-0.2, -0.15) is 0 Å². The first kappa shape index (κ1) is 24.7. The van der Waals surface area contributed by atoms with Crippen molar-refractivity contribution >= 4 is 42.6 Å². The zero-order valence-electron chi connectivity index (χ0n) is 16.1. The second-order valence-electron chi connectivity index (χ2n) is 6.50. The first-order valence-electron chi connectivity index (χ1n) is 8.86. The van der Waals surface area contributed by atoms with Crippen molar-refractivity contribution in [2.75, 3.05) is 25.5 Å². The van der Waals surface area contributed by atoms with Crippen LogP contribution in [0.5, 0.6) is 5.75 Å². The smallest absolute Gasteiger partial charge is 0.267 e. The standard InChI is InChI=1S/C20H24N4O3.2ClH/c1-27-18-6-2-16(3-7-18)13-24-11-10-17(14-24)22-19-8-4-15(12-21-19)5-9-20(25)23-26;;/h2-9,12,17,26H,10-11,13-14H2,1H3,(H,21,22)(H,23,25);2*1H/b9-5+;;. The highest BCUT2D eigenvalue weighted by molar-refractivity contribution is 5.90. The lowest BCUT2D eigenvalue weighted by Crippen LogP contribution is -2.26. The quantitative estimate of drug-likeness (QED) is 0.348. The number of carbonyl (C=O) groups is 1. The van der Waals surface area contributed by atoms with Gasteiger partial charge in [0.1, 0.15) is 11.6 Å². The summed E-state index contributed by atoms with van der Waals surface area (Å²) in [6.45, 7) is 2.93. The molecule has 1 aliphatic rings. The number of nitrogens with zero attached hydrogens (tertiary/aromatic N) is 2. The van der Waals surface area contributed by atoms with E-state index in [0.717, 1.165) is 43.2 Å². The van der Waals surface area contributed by atoms with Gasteiger partial charge in [0.15, 0.2) is 0 Å². The molecular weight excluding hydrogens is 415 g/mol. The molecule has 1 saturated heterocycles. The van der Waals surface area contributed by atoms with Gasteiger partial charge in [-0.1, -0.05) is 12.1 Å². The van der Waals surface area contributed by atoms with Crippen LogP contribution in [-0.2, 0) is 11.3 Å². The van der Waals surface area contributed by atoms with Gasteiger partial charge in [0.05, 0.1) is 7.11 Å². The van der Waals surface area contributed by atoms with Crippen LogP contribution in [0.4, 0.5) is 5.82 Å². The van der Waals surface area contributed by atoms with E-state index in [1.165, 1.54) is 11.6 Å². The van der Waals surface area contributed by atoms with Crippen LogP contribution in [0, 0.1) is 0 Å². The lowest BCUT2D eigenvalue weighted by atomic mass is 10.2. The van der Waals surface area contributed by atoms with Gasteiger partial charge in [-0.05, 0) is 47.9 Å². The van der Waals surface area contributed by atoms with Gasteiger partial charge in [0.25, 0.3) is 5.91 Å². The van der Waals surface area contributed by atoms with Crippen LogP contribution in [-0.4, -0.2) is 47.2 Å². The number of hydrogen-bond donors (Lipinski definition) is 3. The number of methoxy groups -OCH3 is 1. The van der Waals surface area contributed by atoms with Gasteiger partial charge in [0.2, 0.25) is 0 Å². The molecule has 1 amide bonds. The number of ether oxygens (including phenoxy) is 1. The molecule has 0 bridgehead atoms. The topological polar surface area (TPSA) is 86.7 Å². The number of rotatable bonds is 7. The molecule has 0 aliphatic carbocycles. The summed E-state index contributed by atoms with van der Waals surface area (Å²) in [5, 5.41) is 11.9. The van der Waals surface area contributed by atoms with E-state index >= 15 is 0 Å². The van der Waals surface area contributed by atoms with Crippen molar-refractivity contribution in [1.82, 2.24) is 15.4 Å². The summed E-state index contributed by atoms with van der Waals surface area (Å²) < 4.78 is 5.20. The third kappa shape index (κ3) is 7.55. The Morgan fingerprint density at radius 2 is 2.03 bits per heavy atom. The molecule has 0 spiro atoms. The molecule has 1 aliphatic heterocycles. The fourth-order valence-corrected chi connectivity index (χ4v) is 3.09. The van der Waals surface area contributed by atoms with Crippen molar-refractivity contribution in [2.24, 2.45) is 0 Å². The van der Waals surface area contributed by atoms with Gasteiger partial charge < -0.3 is 10.1 Å². The molecule has 9 heteroatoms. The second kappa shape index (κ2) is 12.3. The van der Waals surface area contributed by atoms with E-state index in [-0.39, 0.29) is 24.8 Å². The van der Waals surface area contributed by atoms with Gasteiger partial charge >= 0.3 is 0 Å². The van der Waals surface area contributed by atoms with E-state index in [9.17, 15) is 4.79 Å². The Morgan fingerprint density at radius 1 is 1.28 bits per heavy atom. The normalized spacial score (nSPS) is 16.0. The van der Waals surface area contributed by atoms with E-state index in [1.54, 1.807) is 24.9 Å². The molecule has 1 atom stereocenters. The third-order valence-electron chi connectivity index (χ3n) is 4.51. The number of hydrogen-bond acceptors (Lipinski definition) is 6. The Morgan fingerprint density at radius 3 is 2.66 bits per heavy atom. The Hall–Kier alpha value is -2.32. The monoisotopic (exact) mass is 440 g/mol. The molecule has 29 heavy (non-hydrogen) atoms. The van der Waals surface area contributed by atoms with Crippen molar-refractivity contribution in [1.29, 1.82) is 0 Å². The Labute approximate surface area is 182 Å². The highest BCUT2D eigenvalue weighted by Gasteiger charge is 2.22. The molecular formula is C20H26Cl2N4O3. The fraction of sp³-hybridized carbons (Fsp3) is 0.300. The Bertz CT molecular complexity index is 785. The molecule has 1 aromatic heterocycles. The average Bonchev–Trinajstić information content (AvgIpc) is 3.14. The summed E-state index contributed by atoms with van der Waals surface area (Å²) in [4.78, 5) is 17.8. The zero-order chi connectivity index (χ0) is 19.1. The number of halogens is 2. The van der Waals surface area contributed by atoms with E-state index in [4.69, 9.17) is 9.94 Å². The molecule has 158 valence electrons. The summed E-state index contributed by atoms with van der Waals surface area (Å²) in [6, 6.07) is 12.3. The van der Waals surface area contributed by atoms with Gasteiger partial charge in [-0.15, -0.1) is 24.8 Å². The molecule has 0 radical (unpaired) electrons. The average molecular weight is 441 g/mol. The number of benzene rings is 1. The van der Waals surface area contributed by atoms with E-state index in [2.05, 4.69) is 27.3 Å². The molecule has 7 nitrogen and oxygen atoms in total. The lowest BCUT2D eigenvalue weighted by molar-refractivity contribution is -0.124. The minimum absolute atomic E-state index is 0. The number of nitrogens with one attached hydrogen (secondary N) is 2. The second-order valence-corrected chi connectivity index (χ2v) is 6.50. The first-order valence-corrected chi connectivity index (χ1v) is 8.86. The van der Waals surface area contributed by atoms with Crippen LogP contribution >= 0.6 is 24.8 Å². The third-order valence-corrected chi connectivity index (χ3v) is 4.51.